The topological polar surface area (TPSA) is 24.7 Å². The normalized spacial score (nSPS) is 19.0. The second kappa shape index (κ2) is 6.25. The van der Waals surface area contributed by atoms with Crippen LogP contribution in [0.15, 0.2) is 46.4 Å². The fraction of sp³-hybridized carbons (Fsp3) is 0.391. The van der Waals surface area contributed by atoms with Crippen LogP contribution in [0.25, 0.3) is 0 Å². The summed E-state index contributed by atoms with van der Waals surface area (Å²) in [4.78, 5) is 9.85. The number of benzene rings is 2. The molecule has 0 radical (unpaired) electrons. The summed E-state index contributed by atoms with van der Waals surface area (Å²) < 4.78 is 0. The van der Waals surface area contributed by atoms with Crippen molar-refractivity contribution < 1.29 is 0 Å². The molecule has 0 atom stereocenters. The minimum absolute atomic E-state index is 0.732. The van der Waals surface area contributed by atoms with E-state index in [0.717, 1.165) is 12.4 Å². The Balaban J connectivity index is 1.53. The molecule has 5 rings (SSSR count). The van der Waals surface area contributed by atoms with Crippen molar-refractivity contribution in [2.45, 2.75) is 51.4 Å². The number of rotatable bonds is 2. The molecule has 1 aliphatic heterocycles. The Labute approximate surface area is 149 Å². The van der Waals surface area contributed by atoms with Gasteiger partial charge in [0.25, 0.3) is 0 Å². The molecule has 0 amide bonds. The minimum Gasteiger partial charge on any atom is -0.260 e. The van der Waals surface area contributed by atoms with Gasteiger partial charge in [0.2, 0.25) is 0 Å². The van der Waals surface area contributed by atoms with E-state index in [-0.39, 0.29) is 0 Å². The standard InChI is InChI=1S/C23H24N2/c1-3-11-18-16(7-1)9-5-13-20(18)22-15-24-23(25-22)21-14-6-10-17-8-2-4-12-19(17)21/h5-6,9-10,13-14H,1-4,7-8,11-12,15H2. The highest BCUT2D eigenvalue weighted by Crippen LogP contribution is 2.29. The third-order valence-electron chi connectivity index (χ3n) is 5.96. The first-order valence-electron chi connectivity index (χ1n) is 9.74. The highest BCUT2D eigenvalue weighted by atomic mass is 15.0. The zero-order chi connectivity index (χ0) is 16.6. The van der Waals surface area contributed by atoms with Crippen molar-refractivity contribution in [1.29, 1.82) is 0 Å². The van der Waals surface area contributed by atoms with Crippen molar-refractivity contribution in [3.8, 4) is 0 Å². The molecular weight excluding hydrogens is 304 g/mol. The molecule has 2 aliphatic carbocycles. The summed E-state index contributed by atoms with van der Waals surface area (Å²) in [5.41, 5.74) is 9.84. The molecule has 0 N–H and O–H groups in total. The molecule has 1 heterocycles. The summed E-state index contributed by atoms with van der Waals surface area (Å²) in [5, 5.41) is 0. The molecule has 0 saturated heterocycles. The average Bonchev–Trinajstić information content (AvgIpc) is 3.17. The van der Waals surface area contributed by atoms with Gasteiger partial charge in [-0.2, -0.15) is 0 Å². The summed E-state index contributed by atoms with van der Waals surface area (Å²) in [6.45, 7) is 0.732. The van der Waals surface area contributed by atoms with Crippen LogP contribution in [0.2, 0.25) is 0 Å². The Morgan fingerprint density at radius 3 is 1.96 bits per heavy atom. The van der Waals surface area contributed by atoms with Crippen LogP contribution in [0.5, 0.6) is 0 Å². The van der Waals surface area contributed by atoms with Crippen LogP contribution >= 0.6 is 0 Å². The zero-order valence-corrected chi connectivity index (χ0v) is 14.7. The third kappa shape index (κ3) is 2.64. The molecule has 0 aromatic heterocycles. The van der Waals surface area contributed by atoms with E-state index in [9.17, 15) is 0 Å². The molecule has 2 aromatic rings. The highest BCUT2D eigenvalue weighted by molar-refractivity contribution is 6.18. The summed E-state index contributed by atoms with van der Waals surface area (Å²) >= 11 is 0. The lowest BCUT2D eigenvalue weighted by atomic mass is 9.87. The maximum absolute atomic E-state index is 5.01. The Morgan fingerprint density at radius 2 is 1.24 bits per heavy atom. The van der Waals surface area contributed by atoms with E-state index in [4.69, 9.17) is 9.98 Å². The van der Waals surface area contributed by atoms with Crippen LogP contribution in [0.3, 0.4) is 0 Å². The van der Waals surface area contributed by atoms with Crippen LogP contribution in [-0.4, -0.2) is 18.1 Å². The molecule has 0 saturated carbocycles. The van der Waals surface area contributed by atoms with Crippen molar-refractivity contribution in [2.75, 3.05) is 6.54 Å². The quantitative estimate of drug-likeness (QED) is 0.764. The van der Waals surface area contributed by atoms with E-state index in [0.29, 0.717) is 0 Å². The molecule has 2 nitrogen and oxygen atoms in total. The van der Waals surface area contributed by atoms with E-state index < -0.39 is 0 Å². The monoisotopic (exact) mass is 328 g/mol. The predicted molar refractivity (Wildman–Crippen MR) is 104 cm³/mol. The van der Waals surface area contributed by atoms with Gasteiger partial charge in [0.05, 0.1) is 12.3 Å². The lowest BCUT2D eigenvalue weighted by molar-refractivity contribution is 0.684. The van der Waals surface area contributed by atoms with Gasteiger partial charge in [0, 0.05) is 11.1 Å². The second-order valence-corrected chi connectivity index (χ2v) is 7.50. The molecule has 25 heavy (non-hydrogen) atoms. The number of nitrogens with zero attached hydrogens (tertiary/aromatic N) is 2. The maximum atomic E-state index is 5.01. The Kier molecular flexibility index (Phi) is 3.77. The maximum Gasteiger partial charge on any atom is 0.155 e. The van der Waals surface area contributed by atoms with Gasteiger partial charge in [-0.1, -0.05) is 36.4 Å². The predicted octanol–water partition coefficient (Wildman–Crippen LogP) is 4.69. The lowest BCUT2D eigenvalue weighted by Crippen LogP contribution is -2.12. The number of aryl methyl sites for hydroxylation is 2. The zero-order valence-electron chi connectivity index (χ0n) is 14.7. The average molecular weight is 328 g/mol. The summed E-state index contributed by atoms with van der Waals surface area (Å²) in [6, 6.07) is 13.4. The number of fused-ring (bicyclic) bond motifs is 2. The van der Waals surface area contributed by atoms with Crippen LogP contribution in [0, 0.1) is 0 Å². The summed E-state index contributed by atoms with van der Waals surface area (Å²) in [6.07, 6.45) is 10.0. The first-order chi connectivity index (χ1) is 12.4. The SMILES string of the molecule is c1cc2c(c(C3=NC(c4cccc5c4CCCC5)=NC3)c1)CCCC2. The van der Waals surface area contributed by atoms with E-state index in [1.807, 2.05) is 0 Å². The largest absolute Gasteiger partial charge is 0.260 e. The smallest absolute Gasteiger partial charge is 0.155 e. The molecular formula is C23H24N2. The Morgan fingerprint density at radius 1 is 0.640 bits per heavy atom. The fourth-order valence-electron chi connectivity index (χ4n) is 4.68. The van der Waals surface area contributed by atoms with Crippen molar-refractivity contribution in [3.63, 3.8) is 0 Å². The molecule has 0 spiro atoms. The van der Waals surface area contributed by atoms with Gasteiger partial charge in [-0.25, -0.2) is 4.99 Å². The van der Waals surface area contributed by atoms with Crippen LogP contribution in [-0.2, 0) is 25.7 Å². The summed E-state index contributed by atoms with van der Waals surface area (Å²) in [5.74, 6) is 0.960. The van der Waals surface area contributed by atoms with Gasteiger partial charge in [-0.05, 0) is 73.6 Å². The van der Waals surface area contributed by atoms with Crippen LogP contribution in [0.4, 0.5) is 0 Å². The Hall–Kier alpha value is -2.22. The Bertz CT molecular complexity index is 889. The number of hydrogen-bond acceptors (Lipinski definition) is 2. The van der Waals surface area contributed by atoms with E-state index in [1.54, 1.807) is 0 Å². The lowest BCUT2D eigenvalue weighted by Gasteiger charge is -2.19. The molecule has 0 unspecified atom stereocenters. The van der Waals surface area contributed by atoms with Gasteiger partial charge in [-0.3, -0.25) is 4.99 Å². The van der Waals surface area contributed by atoms with Crippen LogP contribution < -0.4 is 0 Å². The van der Waals surface area contributed by atoms with Crippen molar-refractivity contribution >= 4 is 11.5 Å². The highest BCUT2D eigenvalue weighted by Gasteiger charge is 2.22. The molecule has 2 aromatic carbocycles. The van der Waals surface area contributed by atoms with E-state index in [2.05, 4.69) is 36.4 Å². The second-order valence-electron chi connectivity index (χ2n) is 7.50. The van der Waals surface area contributed by atoms with E-state index >= 15 is 0 Å². The molecule has 0 fully saturated rings. The number of aliphatic imine (C=N–C) groups is 2. The van der Waals surface area contributed by atoms with Crippen LogP contribution in [0.1, 0.15) is 59.1 Å². The first kappa shape index (κ1) is 15.1. The third-order valence-corrected chi connectivity index (χ3v) is 5.96. The molecule has 2 heteroatoms. The first-order valence-corrected chi connectivity index (χ1v) is 9.74. The van der Waals surface area contributed by atoms with Crippen molar-refractivity contribution in [3.05, 3.63) is 69.8 Å². The van der Waals surface area contributed by atoms with Gasteiger partial charge in [0.1, 0.15) is 0 Å². The minimum atomic E-state index is 0.732. The van der Waals surface area contributed by atoms with Gasteiger partial charge in [0.15, 0.2) is 5.84 Å². The van der Waals surface area contributed by atoms with Gasteiger partial charge >= 0.3 is 0 Å². The fourth-order valence-corrected chi connectivity index (χ4v) is 4.68. The molecule has 0 bridgehead atoms. The van der Waals surface area contributed by atoms with E-state index in [1.165, 1.54) is 90.5 Å². The molecule has 3 aliphatic rings. The number of amidine groups is 1. The van der Waals surface area contributed by atoms with Gasteiger partial charge in [-0.15, -0.1) is 0 Å². The number of hydrogen-bond donors (Lipinski definition) is 0. The van der Waals surface area contributed by atoms with Crippen molar-refractivity contribution in [2.24, 2.45) is 9.98 Å². The molecule has 126 valence electrons. The van der Waals surface area contributed by atoms with Gasteiger partial charge < -0.3 is 0 Å². The summed E-state index contributed by atoms with van der Waals surface area (Å²) in [7, 11) is 0. The van der Waals surface area contributed by atoms with Crippen molar-refractivity contribution in [1.82, 2.24) is 0 Å².